The summed E-state index contributed by atoms with van der Waals surface area (Å²) < 4.78 is 13.5. The van der Waals surface area contributed by atoms with Gasteiger partial charge in [0.25, 0.3) is 5.91 Å². The second-order valence-corrected chi connectivity index (χ2v) is 6.03. The molecule has 0 atom stereocenters. The number of hydrogen-bond acceptors (Lipinski definition) is 2. The number of amides is 1. The molecule has 0 spiro atoms. The van der Waals surface area contributed by atoms with Crippen molar-refractivity contribution in [3.05, 3.63) is 35.1 Å². The van der Waals surface area contributed by atoms with Gasteiger partial charge in [0.15, 0.2) is 0 Å². The van der Waals surface area contributed by atoms with Crippen molar-refractivity contribution in [1.29, 1.82) is 0 Å². The van der Waals surface area contributed by atoms with Gasteiger partial charge >= 0.3 is 0 Å². The molecule has 1 aliphatic rings. The van der Waals surface area contributed by atoms with Gasteiger partial charge in [-0.15, -0.1) is 0 Å². The number of carbonyl (C=O) groups excluding carboxylic acids is 1. The van der Waals surface area contributed by atoms with Crippen LogP contribution in [0.25, 0.3) is 0 Å². The molecule has 1 saturated carbocycles. The standard InChI is InChI=1S/C17H25FN2O/c1-3-10-20(15-8-6-14(19)7-9-15)17(21)16-11-13(18)5-4-12(16)2/h4-5,11,14-15H,3,6-10,19H2,1-2H3. The van der Waals surface area contributed by atoms with Gasteiger partial charge in [-0.2, -0.15) is 0 Å². The van der Waals surface area contributed by atoms with Gasteiger partial charge in [0.1, 0.15) is 5.82 Å². The molecule has 1 aliphatic carbocycles. The van der Waals surface area contributed by atoms with E-state index in [4.69, 9.17) is 5.73 Å². The van der Waals surface area contributed by atoms with Gasteiger partial charge < -0.3 is 10.6 Å². The molecule has 2 N–H and O–H groups in total. The van der Waals surface area contributed by atoms with E-state index in [2.05, 4.69) is 6.92 Å². The van der Waals surface area contributed by atoms with Gasteiger partial charge in [0.2, 0.25) is 0 Å². The predicted octanol–water partition coefficient (Wildman–Crippen LogP) is 3.26. The van der Waals surface area contributed by atoms with Crippen molar-refractivity contribution in [3.8, 4) is 0 Å². The van der Waals surface area contributed by atoms with E-state index in [1.54, 1.807) is 6.07 Å². The molecular weight excluding hydrogens is 267 g/mol. The van der Waals surface area contributed by atoms with Crippen LogP contribution in [0.5, 0.6) is 0 Å². The molecule has 1 amide bonds. The molecule has 1 aromatic carbocycles. The van der Waals surface area contributed by atoms with E-state index in [1.807, 2.05) is 11.8 Å². The van der Waals surface area contributed by atoms with Crippen LogP contribution in [0.2, 0.25) is 0 Å². The second kappa shape index (κ2) is 7.03. The minimum absolute atomic E-state index is 0.0469. The Morgan fingerprint density at radius 1 is 1.33 bits per heavy atom. The number of nitrogens with two attached hydrogens (primary N) is 1. The van der Waals surface area contributed by atoms with E-state index >= 15 is 0 Å². The summed E-state index contributed by atoms with van der Waals surface area (Å²) in [5.41, 5.74) is 7.26. The third kappa shape index (κ3) is 3.82. The quantitative estimate of drug-likeness (QED) is 0.926. The zero-order chi connectivity index (χ0) is 15.4. The lowest BCUT2D eigenvalue weighted by Gasteiger charge is -2.36. The predicted molar refractivity (Wildman–Crippen MR) is 82.7 cm³/mol. The second-order valence-electron chi connectivity index (χ2n) is 6.03. The molecule has 1 fully saturated rings. The van der Waals surface area contributed by atoms with E-state index in [-0.39, 0.29) is 23.8 Å². The molecular formula is C17H25FN2O. The molecule has 0 aliphatic heterocycles. The smallest absolute Gasteiger partial charge is 0.254 e. The number of rotatable bonds is 4. The third-order valence-corrected chi connectivity index (χ3v) is 4.34. The van der Waals surface area contributed by atoms with Crippen molar-refractivity contribution in [3.63, 3.8) is 0 Å². The van der Waals surface area contributed by atoms with Crippen LogP contribution in [-0.4, -0.2) is 29.4 Å². The zero-order valence-corrected chi connectivity index (χ0v) is 12.9. The van der Waals surface area contributed by atoms with Crippen LogP contribution in [0, 0.1) is 12.7 Å². The first-order valence-corrected chi connectivity index (χ1v) is 7.85. The SMILES string of the molecule is CCCN(C(=O)c1cc(F)ccc1C)C1CCC(N)CC1. The summed E-state index contributed by atoms with van der Waals surface area (Å²) in [6, 6.07) is 4.92. The maximum atomic E-state index is 13.5. The highest BCUT2D eigenvalue weighted by molar-refractivity contribution is 5.95. The average Bonchev–Trinajstić information content (AvgIpc) is 2.48. The van der Waals surface area contributed by atoms with Crippen LogP contribution in [-0.2, 0) is 0 Å². The Morgan fingerprint density at radius 2 is 2.00 bits per heavy atom. The Kier molecular flexibility index (Phi) is 5.34. The van der Waals surface area contributed by atoms with Crippen molar-refractivity contribution in [1.82, 2.24) is 4.90 Å². The maximum Gasteiger partial charge on any atom is 0.254 e. The van der Waals surface area contributed by atoms with Crippen LogP contribution in [0.15, 0.2) is 18.2 Å². The molecule has 0 saturated heterocycles. The highest BCUT2D eigenvalue weighted by atomic mass is 19.1. The zero-order valence-electron chi connectivity index (χ0n) is 12.9. The van der Waals surface area contributed by atoms with E-state index in [1.165, 1.54) is 12.1 Å². The summed E-state index contributed by atoms with van der Waals surface area (Å²) in [6.45, 7) is 4.63. The largest absolute Gasteiger partial charge is 0.336 e. The lowest BCUT2D eigenvalue weighted by atomic mass is 9.90. The highest BCUT2D eigenvalue weighted by Gasteiger charge is 2.28. The number of aryl methyl sites for hydroxylation is 1. The highest BCUT2D eigenvalue weighted by Crippen LogP contribution is 2.25. The molecule has 116 valence electrons. The van der Waals surface area contributed by atoms with Gasteiger partial charge in [-0.05, 0) is 56.7 Å². The molecule has 0 aromatic heterocycles. The van der Waals surface area contributed by atoms with E-state index in [0.717, 1.165) is 37.7 Å². The van der Waals surface area contributed by atoms with Gasteiger partial charge in [0.05, 0.1) is 0 Å². The van der Waals surface area contributed by atoms with Crippen LogP contribution >= 0.6 is 0 Å². The van der Waals surface area contributed by atoms with Gasteiger partial charge in [-0.25, -0.2) is 4.39 Å². The van der Waals surface area contributed by atoms with Crippen LogP contribution in [0.4, 0.5) is 4.39 Å². The fourth-order valence-corrected chi connectivity index (χ4v) is 3.08. The molecule has 0 unspecified atom stereocenters. The maximum absolute atomic E-state index is 13.5. The topological polar surface area (TPSA) is 46.3 Å². The normalized spacial score (nSPS) is 22.1. The molecule has 4 heteroatoms. The molecule has 21 heavy (non-hydrogen) atoms. The van der Waals surface area contributed by atoms with Gasteiger partial charge in [0, 0.05) is 24.2 Å². The Morgan fingerprint density at radius 3 is 2.62 bits per heavy atom. The van der Waals surface area contributed by atoms with Gasteiger partial charge in [-0.3, -0.25) is 4.79 Å². The lowest BCUT2D eigenvalue weighted by Crippen LogP contribution is -2.44. The fraction of sp³-hybridized carbons (Fsp3) is 0.588. The summed E-state index contributed by atoms with van der Waals surface area (Å²) in [4.78, 5) is 14.7. The number of benzene rings is 1. The van der Waals surface area contributed by atoms with Crippen LogP contribution in [0.1, 0.15) is 54.9 Å². The number of carbonyl (C=O) groups is 1. The Bertz CT molecular complexity index is 496. The number of hydrogen-bond donors (Lipinski definition) is 1. The Balaban J connectivity index is 2.20. The first-order chi connectivity index (χ1) is 10.0. The summed E-state index contributed by atoms with van der Waals surface area (Å²) in [6.07, 6.45) is 4.71. The Hall–Kier alpha value is -1.42. The molecule has 3 nitrogen and oxygen atoms in total. The first kappa shape index (κ1) is 16.0. The monoisotopic (exact) mass is 292 g/mol. The summed E-state index contributed by atoms with van der Waals surface area (Å²) in [7, 11) is 0. The van der Waals surface area contributed by atoms with Crippen LogP contribution < -0.4 is 5.73 Å². The molecule has 0 heterocycles. The number of nitrogens with zero attached hydrogens (tertiary/aromatic N) is 1. The van der Waals surface area contributed by atoms with E-state index in [0.29, 0.717) is 12.1 Å². The van der Waals surface area contributed by atoms with E-state index < -0.39 is 0 Å². The average molecular weight is 292 g/mol. The van der Waals surface area contributed by atoms with E-state index in [9.17, 15) is 9.18 Å². The first-order valence-electron chi connectivity index (χ1n) is 7.85. The minimum atomic E-state index is -0.355. The summed E-state index contributed by atoms with van der Waals surface area (Å²) in [5, 5.41) is 0. The Labute approximate surface area is 126 Å². The molecule has 1 aromatic rings. The van der Waals surface area contributed by atoms with Crippen molar-refractivity contribution in [2.24, 2.45) is 5.73 Å². The van der Waals surface area contributed by atoms with Crippen molar-refractivity contribution < 1.29 is 9.18 Å². The van der Waals surface area contributed by atoms with Crippen molar-refractivity contribution in [2.45, 2.75) is 58.0 Å². The lowest BCUT2D eigenvalue weighted by molar-refractivity contribution is 0.0625. The summed E-state index contributed by atoms with van der Waals surface area (Å²) in [5.74, 6) is -0.402. The fourth-order valence-electron chi connectivity index (χ4n) is 3.08. The summed E-state index contributed by atoms with van der Waals surface area (Å²) >= 11 is 0. The third-order valence-electron chi connectivity index (χ3n) is 4.34. The van der Waals surface area contributed by atoms with Gasteiger partial charge in [-0.1, -0.05) is 13.0 Å². The minimum Gasteiger partial charge on any atom is -0.336 e. The number of halogens is 1. The molecule has 0 bridgehead atoms. The molecule has 2 rings (SSSR count). The molecule has 0 radical (unpaired) electrons. The van der Waals surface area contributed by atoms with Crippen LogP contribution in [0.3, 0.4) is 0 Å². The van der Waals surface area contributed by atoms with Crippen molar-refractivity contribution >= 4 is 5.91 Å². The van der Waals surface area contributed by atoms with Crippen molar-refractivity contribution in [2.75, 3.05) is 6.54 Å².